The van der Waals surface area contributed by atoms with Crippen LogP contribution in [0.4, 0.5) is 5.82 Å². The van der Waals surface area contributed by atoms with E-state index in [-0.39, 0.29) is 17.5 Å². The number of nitrogens with one attached hydrogen (secondary N) is 1. The molecular formula is C31H38N7O9P. The molecule has 1 unspecified atom stereocenters. The number of rotatable bonds is 10. The molecule has 0 saturated carbocycles. The number of benzene rings is 1. The predicted molar refractivity (Wildman–Crippen MR) is 168 cm³/mol. The van der Waals surface area contributed by atoms with Crippen molar-refractivity contribution in [1.82, 2.24) is 24.6 Å². The summed E-state index contributed by atoms with van der Waals surface area (Å²) in [5.41, 5.74) is 5.27. The van der Waals surface area contributed by atoms with Gasteiger partial charge < -0.3 is 34.1 Å². The molecule has 6 atom stereocenters. The Bertz CT molecular complexity index is 1760. The number of anilines is 1. The van der Waals surface area contributed by atoms with Gasteiger partial charge in [-0.3, -0.25) is 14.1 Å². The fourth-order valence-electron chi connectivity index (χ4n) is 6.12. The van der Waals surface area contributed by atoms with E-state index in [1.54, 1.807) is 65.7 Å². The van der Waals surface area contributed by atoms with Gasteiger partial charge in [0.05, 0.1) is 5.69 Å². The Balaban J connectivity index is 1.23. The summed E-state index contributed by atoms with van der Waals surface area (Å²) in [6.45, 7) is 6.73. The minimum Gasteiger partial charge on any atom is -0.461 e. The molecule has 16 nitrogen and oxygen atoms in total. The van der Waals surface area contributed by atoms with E-state index < -0.39 is 62.2 Å². The molecule has 3 saturated heterocycles. The maximum atomic E-state index is 14.4. The fourth-order valence-corrected chi connectivity index (χ4v) is 7.64. The van der Waals surface area contributed by atoms with Gasteiger partial charge in [-0.15, -0.1) is 0 Å². The molecular weight excluding hydrogens is 645 g/mol. The average Bonchev–Trinajstić information content (AvgIpc) is 3.71. The summed E-state index contributed by atoms with van der Waals surface area (Å²) in [5, 5.41) is 17.6. The van der Waals surface area contributed by atoms with E-state index in [0.717, 1.165) is 0 Å². The van der Waals surface area contributed by atoms with Gasteiger partial charge >= 0.3 is 13.7 Å². The van der Waals surface area contributed by atoms with Crippen LogP contribution in [-0.2, 0) is 37.6 Å². The van der Waals surface area contributed by atoms with Crippen molar-refractivity contribution in [2.24, 2.45) is 0 Å². The van der Waals surface area contributed by atoms with Crippen molar-refractivity contribution in [3.63, 3.8) is 0 Å². The second-order valence-corrected chi connectivity index (χ2v) is 14.1. The van der Waals surface area contributed by atoms with Crippen molar-refractivity contribution in [2.45, 2.75) is 82.4 Å². The molecule has 5 heterocycles. The zero-order valence-corrected chi connectivity index (χ0v) is 27.9. The van der Waals surface area contributed by atoms with Gasteiger partial charge in [-0.1, -0.05) is 18.2 Å². The summed E-state index contributed by atoms with van der Waals surface area (Å²) in [4.78, 5) is 30.5. The molecule has 3 aliphatic rings. The highest BCUT2D eigenvalue weighted by Gasteiger charge is 2.65. The molecule has 0 aliphatic carbocycles. The minimum atomic E-state index is -4.40. The number of hydrogen-bond acceptors (Lipinski definition) is 13. The molecule has 0 radical (unpaired) electrons. The first-order chi connectivity index (χ1) is 22.8. The number of carbonyl (C=O) groups excluding carboxylic acids is 2. The zero-order chi connectivity index (χ0) is 34.3. The lowest BCUT2D eigenvalue weighted by Crippen LogP contribution is -2.47. The number of nitrogens with two attached hydrogens (primary N) is 1. The van der Waals surface area contributed by atoms with Crippen LogP contribution in [0.25, 0.3) is 5.52 Å². The zero-order valence-electron chi connectivity index (χ0n) is 27.0. The molecule has 2 aromatic heterocycles. The number of carbonyl (C=O) groups is 2. The second-order valence-electron chi connectivity index (χ2n) is 12.4. The van der Waals surface area contributed by atoms with E-state index >= 15 is 0 Å². The Morgan fingerprint density at radius 2 is 1.90 bits per heavy atom. The molecule has 3 aromatic rings. The Labute approximate surface area is 276 Å². The van der Waals surface area contributed by atoms with Crippen LogP contribution in [0.2, 0.25) is 0 Å². The first kappa shape index (κ1) is 33.8. The van der Waals surface area contributed by atoms with E-state index in [0.29, 0.717) is 37.1 Å². The van der Waals surface area contributed by atoms with Gasteiger partial charge in [0.2, 0.25) is 11.5 Å². The third-order valence-corrected chi connectivity index (χ3v) is 10.1. The van der Waals surface area contributed by atoms with Gasteiger partial charge in [0.1, 0.15) is 60.7 Å². The Morgan fingerprint density at radius 1 is 1.17 bits per heavy atom. The molecule has 3 fully saturated rings. The van der Waals surface area contributed by atoms with Crippen LogP contribution in [0.1, 0.15) is 52.3 Å². The Kier molecular flexibility index (Phi) is 9.20. The number of piperidine rings is 1. The van der Waals surface area contributed by atoms with Gasteiger partial charge in [-0.25, -0.2) is 14.1 Å². The number of nitriles is 1. The number of likely N-dealkylation sites (tertiary alicyclic amines) is 1. The number of para-hydroxylation sites is 1. The number of ether oxygens (including phenoxy) is 4. The largest absolute Gasteiger partial charge is 0.461 e. The van der Waals surface area contributed by atoms with Crippen LogP contribution >= 0.6 is 7.75 Å². The van der Waals surface area contributed by atoms with Gasteiger partial charge in [-0.05, 0) is 45.0 Å². The smallest absolute Gasteiger partial charge is 0.459 e. The van der Waals surface area contributed by atoms with Crippen LogP contribution in [0.3, 0.4) is 0 Å². The molecule has 48 heavy (non-hydrogen) atoms. The summed E-state index contributed by atoms with van der Waals surface area (Å²) < 4.78 is 52.2. The van der Waals surface area contributed by atoms with Crippen LogP contribution < -0.4 is 15.3 Å². The van der Waals surface area contributed by atoms with Gasteiger partial charge in [-0.2, -0.15) is 15.4 Å². The lowest BCUT2D eigenvalue weighted by atomic mass is 9.96. The normalized spacial score (nSPS) is 27.1. The van der Waals surface area contributed by atoms with Crippen molar-refractivity contribution in [2.75, 3.05) is 25.4 Å². The molecule has 256 valence electrons. The average molecular weight is 684 g/mol. The summed E-state index contributed by atoms with van der Waals surface area (Å²) in [6.07, 6.45) is -0.798. The number of esters is 1. The lowest BCUT2D eigenvalue weighted by molar-refractivity contribution is -0.204. The van der Waals surface area contributed by atoms with Crippen LogP contribution in [0.15, 0.2) is 48.8 Å². The third-order valence-electron chi connectivity index (χ3n) is 8.51. The monoisotopic (exact) mass is 683 g/mol. The number of aromatic nitrogens is 3. The van der Waals surface area contributed by atoms with E-state index in [9.17, 15) is 19.4 Å². The first-order valence-corrected chi connectivity index (χ1v) is 17.1. The molecule has 3 aliphatic heterocycles. The molecule has 17 heteroatoms. The SMILES string of the molecule is CC(=O)N1CCC(OC(=O)[C@H](C)NP(=O)(OC[C@@]2(C#N)O[C@@H](c3ccc4c(N)ncnn34)[C@@H]3OC(C)(C)O[C@@H]32)Oc2ccccc2)CC1. The van der Waals surface area contributed by atoms with Crippen LogP contribution in [0.5, 0.6) is 5.75 Å². The Morgan fingerprint density at radius 3 is 2.58 bits per heavy atom. The van der Waals surface area contributed by atoms with Gasteiger partial charge in [0.15, 0.2) is 11.6 Å². The van der Waals surface area contributed by atoms with Crippen molar-refractivity contribution < 1.29 is 42.1 Å². The third kappa shape index (κ3) is 6.75. The second kappa shape index (κ2) is 13.1. The predicted octanol–water partition coefficient (Wildman–Crippen LogP) is 2.90. The number of amides is 1. The van der Waals surface area contributed by atoms with Gasteiger partial charge in [0, 0.05) is 32.9 Å². The summed E-state index contributed by atoms with van der Waals surface area (Å²) >= 11 is 0. The van der Waals surface area contributed by atoms with Crippen molar-refractivity contribution in [1.29, 1.82) is 5.26 Å². The van der Waals surface area contributed by atoms with Crippen LogP contribution in [0, 0.1) is 11.3 Å². The van der Waals surface area contributed by atoms with E-state index in [2.05, 4.69) is 21.2 Å². The number of hydrogen-bond donors (Lipinski definition) is 2. The van der Waals surface area contributed by atoms with Crippen molar-refractivity contribution >= 4 is 31.0 Å². The quantitative estimate of drug-likeness (QED) is 0.233. The number of nitrogens with zero attached hydrogens (tertiary/aromatic N) is 5. The summed E-state index contributed by atoms with van der Waals surface area (Å²) in [5.74, 6) is -1.37. The molecule has 6 rings (SSSR count). The van der Waals surface area contributed by atoms with Crippen molar-refractivity contribution in [3.05, 3.63) is 54.5 Å². The highest BCUT2D eigenvalue weighted by Crippen LogP contribution is 2.53. The maximum absolute atomic E-state index is 14.4. The van der Waals surface area contributed by atoms with E-state index in [4.69, 9.17) is 33.7 Å². The molecule has 1 aromatic carbocycles. The molecule has 1 amide bonds. The standard InChI is InChI=1S/C31H38N7O9P/c1-19(29(40)43-21-12-14-37(15-13-21)20(2)39)36-48(41,47-22-8-6-5-7-9-22)42-17-31(16-32)27-26(44-30(3,4)46-27)25(45-31)23-10-11-24-28(33)34-18-35-38(23)24/h5-11,18-19,21,25-27H,12-15,17H2,1-4H3,(H,36,41)(H2,33,34,35)/t19-,25-,26-,27-,31+,48?/m0/s1. The lowest BCUT2D eigenvalue weighted by Gasteiger charge is -2.32. The number of fused-ring (bicyclic) bond motifs is 2. The maximum Gasteiger partial charge on any atom is 0.459 e. The molecule has 0 bridgehead atoms. The van der Waals surface area contributed by atoms with E-state index in [1.165, 1.54) is 20.2 Å². The van der Waals surface area contributed by atoms with Crippen LogP contribution in [-0.4, -0.2) is 86.8 Å². The first-order valence-electron chi connectivity index (χ1n) is 15.6. The number of nitrogen functional groups attached to an aromatic ring is 1. The van der Waals surface area contributed by atoms with Crippen molar-refractivity contribution in [3.8, 4) is 11.8 Å². The summed E-state index contributed by atoms with van der Waals surface area (Å²) in [6, 6.07) is 12.8. The molecule has 3 N–H and O–H groups in total. The highest BCUT2D eigenvalue weighted by molar-refractivity contribution is 7.52. The Hall–Kier alpha value is -4.10. The fraction of sp³-hybridized carbons (Fsp3) is 0.516. The topological polar surface area (TPSA) is 202 Å². The minimum absolute atomic E-state index is 0.0383. The van der Waals surface area contributed by atoms with Gasteiger partial charge in [0.25, 0.3) is 0 Å². The molecule has 0 spiro atoms. The summed E-state index contributed by atoms with van der Waals surface area (Å²) in [7, 11) is -4.40. The van der Waals surface area contributed by atoms with E-state index in [1.807, 2.05) is 0 Å². The highest BCUT2D eigenvalue weighted by atomic mass is 31.2.